The van der Waals surface area contributed by atoms with Gasteiger partial charge in [0.05, 0.1) is 10.7 Å². The van der Waals surface area contributed by atoms with Crippen LogP contribution in [0.2, 0.25) is 5.02 Å². The summed E-state index contributed by atoms with van der Waals surface area (Å²) < 4.78 is 0. The Morgan fingerprint density at radius 1 is 1.16 bits per heavy atom. The topological polar surface area (TPSA) is 55.1 Å². The van der Waals surface area contributed by atoms with E-state index in [0.29, 0.717) is 16.3 Å². The molecule has 0 unspecified atom stereocenters. The van der Waals surface area contributed by atoms with Crippen molar-refractivity contribution >= 4 is 28.9 Å². The average molecular weight is 275 g/mol. The Bertz CT molecular complexity index is 618. The largest absolute Gasteiger partial charge is 0.398 e. The second-order valence-corrected chi connectivity index (χ2v) is 4.86. The molecule has 2 aromatic carbocycles. The Labute approximate surface area is 117 Å². The van der Waals surface area contributed by atoms with E-state index in [-0.39, 0.29) is 5.91 Å². The molecule has 2 aromatic rings. The van der Waals surface area contributed by atoms with Crippen LogP contribution in [0.3, 0.4) is 0 Å². The smallest absolute Gasteiger partial charge is 0.255 e. The van der Waals surface area contributed by atoms with E-state index in [9.17, 15) is 4.79 Å². The van der Waals surface area contributed by atoms with Gasteiger partial charge in [-0.2, -0.15) is 0 Å². The standard InChI is InChI=1S/C15H15ClN2O/c1-9-4-3-5-10(2)14(9)18-15(19)11-6-7-12(16)13(17)8-11/h3-8H,17H2,1-2H3,(H,18,19). The van der Waals surface area contributed by atoms with E-state index in [1.807, 2.05) is 32.0 Å². The molecule has 0 atom stereocenters. The molecule has 0 fully saturated rings. The number of carbonyl (C=O) groups is 1. The fraction of sp³-hybridized carbons (Fsp3) is 0.133. The molecule has 0 aliphatic rings. The summed E-state index contributed by atoms with van der Waals surface area (Å²) in [5.41, 5.74) is 9.47. The normalized spacial score (nSPS) is 10.3. The van der Waals surface area contributed by atoms with E-state index in [1.165, 1.54) is 0 Å². The molecule has 0 heterocycles. The highest BCUT2D eigenvalue weighted by Gasteiger charge is 2.10. The summed E-state index contributed by atoms with van der Waals surface area (Å²) in [5.74, 6) is -0.194. The van der Waals surface area contributed by atoms with E-state index in [4.69, 9.17) is 17.3 Å². The lowest BCUT2D eigenvalue weighted by Gasteiger charge is -2.11. The summed E-state index contributed by atoms with van der Waals surface area (Å²) in [7, 11) is 0. The van der Waals surface area contributed by atoms with Crippen molar-refractivity contribution in [2.75, 3.05) is 11.1 Å². The number of halogens is 1. The van der Waals surface area contributed by atoms with Crippen LogP contribution in [0.5, 0.6) is 0 Å². The Balaban J connectivity index is 2.28. The van der Waals surface area contributed by atoms with Gasteiger partial charge in [0.1, 0.15) is 0 Å². The van der Waals surface area contributed by atoms with Crippen molar-refractivity contribution in [3.05, 3.63) is 58.1 Å². The van der Waals surface area contributed by atoms with Crippen LogP contribution in [0, 0.1) is 13.8 Å². The highest BCUT2D eigenvalue weighted by atomic mass is 35.5. The Morgan fingerprint density at radius 2 is 1.79 bits per heavy atom. The highest BCUT2D eigenvalue weighted by Crippen LogP contribution is 2.23. The SMILES string of the molecule is Cc1cccc(C)c1NC(=O)c1ccc(Cl)c(N)c1. The molecule has 19 heavy (non-hydrogen) atoms. The fourth-order valence-electron chi connectivity index (χ4n) is 1.88. The van der Waals surface area contributed by atoms with Crippen LogP contribution in [-0.2, 0) is 0 Å². The first-order valence-electron chi connectivity index (χ1n) is 5.91. The van der Waals surface area contributed by atoms with Crippen LogP contribution in [0.25, 0.3) is 0 Å². The summed E-state index contributed by atoms with van der Waals surface area (Å²) in [5, 5.41) is 3.35. The molecule has 0 aliphatic heterocycles. The van der Waals surface area contributed by atoms with Crippen molar-refractivity contribution in [3.63, 3.8) is 0 Å². The molecule has 0 radical (unpaired) electrons. The van der Waals surface area contributed by atoms with Gasteiger partial charge in [-0.25, -0.2) is 0 Å². The number of nitrogen functional groups attached to an aromatic ring is 1. The molecule has 0 aromatic heterocycles. The molecular weight excluding hydrogens is 260 g/mol. The molecule has 0 saturated carbocycles. The Kier molecular flexibility index (Phi) is 3.76. The molecule has 0 spiro atoms. The Hall–Kier alpha value is -2.00. The van der Waals surface area contributed by atoms with E-state index in [1.54, 1.807) is 18.2 Å². The molecule has 0 aliphatic carbocycles. The lowest BCUT2D eigenvalue weighted by molar-refractivity contribution is 0.102. The minimum atomic E-state index is -0.194. The van der Waals surface area contributed by atoms with Crippen molar-refractivity contribution in [2.45, 2.75) is 13.8 Å². The first kappa shape index (κ1) is 13.4. The van der Waals surface area contributed by atoms with Gasteiger partial charge in [0, 0.05) is 11.3 Å². The highest BCUT2D eigenvalue weighted by molar-refractivity contribution is 6.33. The number of nitrogens with two attached hydrogens (primary N) is 1. The maximum absolute atomic E-state index is 12.2. The maximum atomic E-state index is 12.2. The number of anilines is 2. The number of carbonyl (C=O) groups excluding carboxylic acids is 1. The van der Waals surface area contributed by atoms with E-state index < -0.39 is 0 Å². The molecular formula is C15H15ClN2O. The van der Waals surface area contributed by atoms with Gasteiger partial charge in [0.25, 0.3) is 5.91 Å². The summed E-state index contributed by atoms with van der Waals surface area (Å²) in [4.78, 5) is 12.2. The summed E-state index contributed by atoms with van der Waals surface area (Å²) in [6.07, 6.45) is 0. The molecule has 2 rings (SSSR count). The predicted molar refractivity (Wildman–Crippen MR) is 79.7 cm³/mol. The third-order valence-electron chi connectivity index (χ3n) is 2.98. The number of para-hydroxylation sites is 1. The third-order valence-corrected chi connectivity index (χ3v) is 3.32. The first-order valence-corrected chi connectivity index (χ1v) is 6.29. The third kappa shape index (κ3) is 2.88. The number of rotatable bonds is 2. The molecule has 98 valence electrons. The van der Waals surface area contributed by atoms with Gasteiger partial charge in [-0.15, -0.1) is 0 Å². The van der Waals surface area contributed by atoms with Crippen molar-refractivity contribution in [1.29, 1.82) is 0 Å². The van der Waals surface area contributed by atoms with Gasteiger partial charge in [0.15, 0.2) is 0 Å². The van der Waals surface area contributed by atoms with E-state index in [2.05, 4.69) is 5.32 Å². The second-order valence-electron chi connectivity index (χ2n) is 4.46. The minimum absolute atomic E-state index is 0.194. The summed E-state index contributed by atoms with van der Waals surface area (Å²) in [6, 6.07) is 10.7. The van der Waals surface area contributed by atoms with Crippen LogP contribution >= 0.6 is 11.6 Å². The van der Waals surface area contributed by atoms with Crippen molar-refractivity contribution in [1.82, 2.24) is 0 Å². The number of benzene rings is 2. The van der Waals surface area contributed by atoms with E-state index >= 15 is 0 Å². The molecule has 3 nitrogen and oxygen atoms in total. The predicted octanol–water partition coefficient (Wildman–Crippen LogP) is 3.79. The summed E-state index contributed by atoms with van der Waals surface area (Å²) in [6.45, 7) is 3.91. The van der Waals surface area contributed by atoms with Crippen LogP contribution in [0.4, 0.5) is 11.4 Å². The van der Waals surface area contributed by atoms with Crippen LogP contribution in [0.15, 0.2) is 36.4 Å². The van der Waals surface area contributed by atoms with E-state index in [0.717, 1.165) is 16.8 Å². The van der Waals surface area contributed by atoms with Crippen molar-refractivity contribution < 1.29 is 4.79 Å². The number of amides is 1. The van der Waals surface area contributed by atoms with Gasteiger partial charge in [0.2, 0.25) is 0 Å². The van der Waals surface area contributed by atoms with Crippen LogP contribution < -0.4 is 11.1 Å². The fourth-order valence-corrected chi connectivity index (χ4v) is 2.00. The zero-order valence-corrected chi connectivity index (χ0v) is 11.6. The molecule has 0 saturated heterocycles. The van der Waals surface area contributed by atoms with Crippen molar-refractivity contribution in [3.8, 4) is 0 Å². The number of hydrogen-bond donors (Lipinski definition) is 2. The zero-order chi connectivity index (χ0) is 14.0. The molecule has 4 heteroatoms. The first-order chi connectivity index (χ1) is 8.99. The number of aryl methyl sites for hydroxylation is 2. The van der Waals surface area contributed by atoms with Crippen LogP contribution in [-0.4, -0.2) is 5.91 Å². The summed E-state index contributed by atoms with van der Waals surface area (Å²) >= 11 is 5.84. The van der Waals surface area contributed by atoms with Gasteiger partial charge < -0.3 is 11.1 Å². The quantitative estimate of drug-likeness (QED) is 0.819. The Morgan fingerprint density at radius 3 is 2.37 bits per heavy atom. The van der Waals surface area contributed by atoms with Crippen LogP contribution in [0.1, 0.15) is 21.5 Å². The van der Waals surface area contributed by atoms with Gasteiger partial charge in [-0.3, -0.25) is 4.79 Å². The maximum Gasteiger partial charge on any atom is 0.255 e. The van der Waals surface area contributed by atoms with Crippen molar-refractivity contribution in [2.24, 2.45) is 0 Å². The van der Waals surface area contributed by atoms with Gasteiger partial charge in [-0.05, 0) is 43.2 Å². The molecule has 3 N–H and O–H groups in total. The second kappa shape index (κ2) is 5.33. The molecule has 0 bridgehead atoms. The average Bonchev–Trinajstić information content (AvgIpc) is 2.37. The zero-order valence-electron chi connectivity index (χ0n) is 10.8. The number of nitrogens with one attached hydrogen (secondary N) is 1. The monoisotopic (exact) mass is 274 g/mol. The number of hydrogen-bond acceptors (Lipinski definition) is 2. The minimum Gasteiger partial charge on any atom is -0.398 e. The lowest BCUT2D eigenvalue weighted by atomic mass is 10.1. The lowest BCUT2D eigenvalue weighted by Crippen LogP contribution is -2.14. The molecule has 1 amide bonds. The van der Waals surface area contributed by atoms with Gasteiger partial charge >= 0.3 is 0 Å². The van der Waals surface area contributed by atoms with Gasteiger partial charge in [-0.1, -0.05) is 29.8 Å².